The Balaban J connectivity index is 0.00000147. The fraction of sp³-hybridized carbons (Fsp3) is 0.538. The monoisotopic (exact) mass is 301 g/mol. The van der Waals surface area contributed by atoms with Crippen molar-refractivity contribution in [1.82, 2.24) is 10.2 Å². The van der Waals surface area contributed by atoms with Crippen LogP contribution in [0.5, 0.6) is 0 Å². The molecule has 1 N–H and O–H groups in total. The first-order valence-corrected chi connectivity index (χ1v) is 6.49. The van der Waals surface area contributed by atoms with Gasteiger partial charge in [-0.05, 0) is 31.0 Å². The third-order valence-corrected chi connectivity index (χ3v) is 4.11. The third kappa shape index (κ3) is 2.92. The summed E-state index contributed by atoms with van der Waals surface area (Å²) in [6.45, 7) is 4.59. The molecule has 7 heteroatoms. The highest BCUT2D eigenvalue weighted by atomic mass is 35.5. The molecule has 2 heterocycles. The molecule has 0 aliphatic carbocycles. The highest BCUT2D eigenvalue weighted by Gasteiger charge is 2.36. The Hall–Kier alpha value is -1.24. The molecule has 1 aromatic rings. The molecule has 5 nitrogen and oxygen atoms in total. The molecular weight excluding hydrogens is 285 g/mol. The fourth-order valence-electron chi connectivity index (χ4n) is 3.10. The average Bonchev–Trinajstić information content (AvgIpc) is 2.92. The summed E-state index contributed by atoms with van der Waals surface area (Å²) in [6, 6.07) is 3.91. The Bertz CT molecular complexity index is 502. The molecule has 0 radical (unpaired) electrons. The molecule has 2 saturated heterocycles. The zero-order valence-electron chi connectivity index (χ0n) is 10.9. The van der Waals surface area contributed by atoms with E-state index >= 15 is 0 Å². The SMILES string of the molecule is Cl.O=[N+]([O-])c1ccc(CN2C[C@H]3CNC[C@H]3C2)c(F)c1. The first-order valence-electron chi connectivity index (χ1n) is 6.49. The van der Waals surface area contributed by atoms with Crippen LogP contribution in [0.1, 0.15) is 5.56 Å². The highest BCUT2D eigenvalue weighted by Crippen LogP contribution is 2.28. The molecular formula is C13H17ClFN3O2. The predicted octanol–water partition coefficient (Wildman–Crippen LogP) is 1.81. The van der Waals surface area contributed by atoms with Crippen molar-refractivity contribution in [1.29, 1.82) is 0 Å². The average molecular weight is 302 g/mol. The molecule has 0 bridgehead atoms. The van der Waals surface area contributed by atoms with Crippen LogP contribution in [0.15, 0.2) is 18.2 Å². The normalized spacial score (nSPS) is 25.2. The summed E-state index contributed by atoms with van der Waals surface area (Å²) in [5.74, 6) is 0.853. The lowest BCUT2D eigenvalue weighted by Crippen LogP contribution is -2.25. The van der Waals surface area contributed by atoms with Gasteiger partial charge in [-0.25, -0.2) is 4.39 Å². The van der Waals surface area contributed by atoms with Crippen molar-refractivity contribution < 1.29 is 9.31 Å². The van der Waals surface area contributed by atoms with Gasteiger partial charge in [-0.2, -0.15) is 0 Å². The second-order valence-electron chi connectivity index (χ2n) is 5.41. The van der Waals surface area contributed by atoms with E-state index < -0.39 is 10.7 Å². The summed E-state index contributed by atoms with van der Waals surface area (Å²) >= 11 is 0. The van der Waals surface area contributed by atoms with E-state index in [1.54, 1.807) is 0 Å². The zero-order chi connectivity index (χ0) is 13.4. The molecule has 110 valence electrons. The van der Waals surface area contributed by atoms with Crippen LogP contribution in [0.2, 0.25) is 0 Å². The Morgan fingerprint density at radius 1 is 1.35 bits per heavy atom. The number of nitrogens with one attached hydrogen (secondary N) is 1. The second kappa shape index (κ2) is 6.03. The molecule has 1 aromatic carbocycles. The lowest BCUT2D eigenvalue weighted by Gasteiger charge is -2.17. The number of hydrogen-bond donors (Lipinski definition) is 1. The van der Waals surface area contributed by atoms with Crippen LogP contribution in [0.3, 0.4) is 0 Å². The van der Waals surface area contributed by atoms with Gasteiger partial charge in [-0.1, -0.05) is 0 Å². The van der Waals surface area contributed by atoms with E-state index in [4.69, 9.17) is 0 Å². The minimum atomic E-state index is -0.571. The number of nitro benzene ring substituents is 1. The number of nitro groups is 1. The molecule has 0 spiro atoms. The maximum absolute atomic E-state index is 13.8. The van der Waals surface area contributed by atoms with Crippen LogP contribution < -0.4 is 5.32 Å². The molecule has 0 aromatic heterocycles. The minimum absolute atomic E-state index is 0. The van der Waals surface area contributed by atoms with E-state index in [1.807, 2.05) is 0 Å². The van der Waals surface area contributed by atoms with Gasteiger partial charge in [-0.3, -0.25) is 15.0 Å². The standard InChI is InChI=1S/C13H16FN3O2.ClH/c14-13-3-12(17(18)19)2-1-9(13)6-16-7-10-4-15-5-11(10)8-16;/h1-3,10-11,15H,4-8H2;1H/t10-,11+;. The molecule has 3 rings (SSSR count). The number of non-ortho nitro benzene ring substituents is 1. The number of rotatable bonds is 3. The van der Waals surface area contributed by atoms with Gasteiger partial charge < -0.3 is 5.32 Å². The topological polar surface area (TPSA) is 58.4 Å². The molecule has 0 unspecified atom stereocenters. The summed E-state index contributed by atoms with van der Waals surface area (Å²) in [4.78, 5) is 12.2. The molecule has 20 heavy (non-hydrogen) atoms. The van der Waals surface area contributed by atoms with E-state index in [-0.39, 0.29) is 18.1 Å². The van der Waals surface area contributed by atoms with Crippen LogP contribution >= 0.6 is 12.4 Å². The number of halogens is 2. The Morgan fingerprint density at radius 2 is 2.00 bits per heavy atom. The lowest BCUT2D eigenvalue weighted by atomic mass is 10.0. The summed E-state index contributed by atoms with van der Waals surface area (Å²) in [5.41, 5.74) is 0.349. The smallest absolute Gasteiger partial charge is 0.272 e. The van der Waals surface area contributed by atoms with Crippen molar-refractivity contribution in [2.75, 3.05) is 26.2 Å². The molecule has 0 amide bonds. The number of fused-ring (bicyclic) bond motifs is 1. The Labute approximate surface area is 122 Å². The van der Waals surface area contributed by atoms with Gasteiger partial charge in [0.2, 0.25) is 0 Å². The van der Waals surface area contributed by atoms with Gasteiger partial charge in [0.05, 0.1) is 11.0 Å². The lowest BCUT2D eigenvalue weighted by molar-refractivity contribution is -0.385. The van der Waals surface area contributed by atoms with E-state index in [1.165, 1.54) is 12.1 Å². The molecule has 2 aliphatic rings. The fourth-order valence-corrected chi connectivity index (χ4v) is 3.10. The maximum Gasteiger partial charge on any atom is 0.272 e. The van der Waals surface area contributed by atoms with Gasteiger partial charge in [-0.15, -0.1) is 12.4 Å². The molecule has 2 atom stereocenters. The summed E-state index contributed by atoms with van der Waals surface area (Å²) in [7, 11) is 0. The first-order chi connectivity index (χ1) is 9.13. The van der Waals surface area contributed by atoms with Crippen LogP contribution in [0.25, 0.3) is 0 Å². The molecule has 0 saturated carbocycles. The number of nitrogens with zero attached hydrogens (tertiary/aromatic N) is 2. The largest absolute Gasteiger partial charge is 0.316 e. The van der Waals surface area contributed by atoms with Gasteiger partial charge in [0, 0.05) is 31.3 Å². The predicted molar refractivity (Wildman–Crippen MR) is 75.4 cm³/mol. The van der Waals surface area contributed by atoms with Crippen molar-refractivity contribution in [3.8, 4) is 0 Å². The van der Waals surface area contributed by atoms with Crippen LogP contribution in [-0.4, -0.2) is 36.0 Å². The Kier molecular flexibility index (Phi) is 4.57. The van der Waals surface area contributed by atoms with Gasteiger partial charge in [0.15, 0.2) is 0 Å². The maximum atomic E-state index is 13.8. The molecule has 2 fully saturated rings. The van der Waals surface area contributed by atoms with Crippen LogP contribution in [0, 0.1) is 27.8 Å². The summed E-state index contributed by atoms with van der Waals surface area (Å²) < 4.78 is 13.8. The number of benzene rings is 1. The summed E-state index contributed by atoms with van der Waals surface area (Å²) in [5, 5.41) is 13.9. The van der Waals surface area contributed by atoms with Crippen LogP contribution in [0.4, 0.5) is 10.1 Å². The number of likely N-dealkylation sites (tertiary alicyclic amines) is 1. The second-order valence-corrected chi connectivity index (χ2v) is 5.41. The van der Waals surface area contributed by atoms with Gasteiger partial charge in [0.25, 0.3) is 5.69 Å². The third-order valence-electron chi connectivity index (χ3n) is 4.11. The highest BCUT2D eigenvalue weighted by molar-refractivity contribution is 5.85. The minimum Gasteiger partial charge on any atom is -0.316 e. The summed E-state index contributed by atoms with van der Waals surface area (Å²) in [6.07, 6.45) is 0. The van der Waals surface area contributed by atoms with Crippen molar-refractivity contribution in [3.05, 3.63) is 39.7 Å². The van der Waals surface area contributed by atoms with E-state index in [0.717, 1.165) is 32.2 Å². The Morgan fingerprint density at radius 3 is 2.55 bits per heavy atom. The quantitative estimate of drug-likeness (QED) is 0.683. The number of hydrogen-bond acceptors (Lipinski definition) is 4. The van der Waals surface area contributed by atoms with E-state index in [9.17, 15) is 14.5 Å². The van der Waals surface area contributed by atoms with E-state index in [0.29, 0.717) is 23.9 Å². The van der Waals surface area contributed by atoms with E-state index in [2.05, 4.69) is 10.2 Å². The van der Waals surface area contributed by atoms with Gasteiger partial charge in [0.1, 0.15) is 5.82 Å². The van der Waals surface area contributed by atoms with Crippen molar-refractivity contribution >= 4 is 18.1 Å². The van der Waals surface area contributed by atoms with Gasteiger partial charge >= 0.3 is 0 Å². The zero-order valence-corrected chi connectivity index (χ0v) is 11.7. The van der Waals surface area contributed by atoms with Crippen molar-refractivity contribution in [2.24, 2.45) is 11.8 Å². The molecule has 2 aliphatic heterocycles. The van der Waals surface area contributed by atoms with Crippen molar-refractivity contribution in [3.63, 3.8) is 0 Å². The first kappa shape index (κ1) is 15.2. The van der Waals surface area contributed by atoms with Crippen molar-refractivity contribution in [2.45, 2.75) is 6.54 Å². The van der Waals surface area contributed by atoms with Crippen LogP contribution in [-0.2, 0) is 6.54 Å².